The number of para-hydroxylation sites is 3. The first-order chi connectivity index (χ1) is 56.2. The van der Waals surface area contributed by atoms with Gasteiger partial charge in [-0.3, -0.25) is 0 Å². The fraction of sp³-hybridized carbons (Fsp3) is 0.455. The van der Waals surface area contributed by atoms with E-state index in [-0.39, 0.29) is 34.4 Å². The zero-order valence-electron chi connectivity index (χ0n) is 69.2. The topological polar surface area (TPSA) is 238 Å². The predicted octanol–water partition coefficient (Wildman–Crippen LogP) is 21.7. The molecule has 15 rings (SSSR count). The second-order valence-electron chi connectivity index (χ2n) is 34.3. The normalized spacial score (nSPS) is 18.9. The van der Waals surface area contributed by atoms with Crippen molar-refractivity contribution in [2.24, 2.45) is 16.2 Å². The molecule has 30 heteroatoms. The van der Waals surface area contributed by atoms with Crippen molar-refractivity contribution in [2.75, 3.05) is 147 Å². The number of rotatable bonds is 22. The average molecular weight is 1730 g/mol. The van der Waals surface area contributed by atoms with Gasteiger partial charge in [0.1, 0.15) is 59.6 Å². The Balaban J connectivity index is 0.000000154. The van der Waals surface area contributed by atoms with Crippen LogP contribution >= 0.6 is 56.2 Å². The van der Waals surface area contributed by atoms with Crippen molar-refractivity contribution in [1.82, 2.24) is 44.6 Å². The van der Waals surface area contributed by atoms with E-state index in [1.165, 1.54) is 114 Å². The molecule has 630 valence electrons. The van der Waals surface area contributed by atoms with E-state index < -0.39 is 28.0 Å². The van der Waals surface area contributed by atoms with Crippen molar-refractivity contribution in [1.29, 1.82) is 0 Å². The summed E-state index contributed by atoms with van der Waals surface area (Å²) in [7, 11) is 2.23. The third kappa shape index (κ3) is 21.8. The highest BCUT2D eigenvalue weighted by molar-refractivity contribution is 7.71. The van der Waals surface area contributed by atoms with Crippen LogP contribution in [0, 0.1) is 22.1 Å². The van der Waals surface area contributed by atoms with Crippen molar-refractivity contribution >= 4 is 142 Å². The molecule has 6 heterocycles. The summed E-state index contributed by atoms with van der Waals surface area (Å²) in [6.45, 7) is 14.3. The van der Waals surface area contributed by atoms with Gasteiger partial charge in [0.05, 0.1) is 66.9 Å². The van der Waals surface area contributed by atoms with Crippen LogP contribution in [0.5, 0.6) is 17.2 Å². The van der Waals surface area contributed by atoms with Crippen LogP contribution in [0.4, 0.5) is 82.6 Å². The van der Waals surface area contributed by atoms with E-state index in [9.17, 15) is 22.5 Å². The number of alkyl halides is 2. The van der Waals surface area contributed by atoms with E-state index >= 15 is 4.39 Å². The van der Waals surface area contributed by atoms with Crippen molar-refractivity contribution in [3.63, 3.8) is 0 Å². The molecule has 0 amide bonds. The van der Waals surface area contributed by atoms with Gasteiger partial charge in [-0.1, -0.05) is 83.3 Å². The second kappa shape index (κ2) is 37.5. The number of benzene rings is 6. The Kier molecular flexibility index (Phi) is 27.9. The van der Waals surface area contributed by atoms with Crippen LogP contribution in [-0.4, -0.2) is 166 Å². The number of hydrogen-bond acceptors (Lipinski definition) is 21. The summed E-state index contributed by atoms with van der Waals surface area (Å²) in [5, 5.41) is 22.0. The minimum Gasteiger partial charge on any atom is -0.495 e. The first-order valence-electron chi connectivity index (χ1n) is 40.6. The maximum atomic E-state index is 15.3. The number of likely N-dealkylation sites (tertiary alicyclic amines) is 3. The average Bonchev–Trinajstić information content (AvgIpc) is 0.754. The largest absolute Gasteiger partial charge is 0.495 e. The van der Waals surface area contributed by atoms with Crippen molar-refractivity contribution in [2.45, 2.75) is 127 Å². The van der Waals surface area contributed by atoms with Crippen LogP contribution < -0.4 is 62.0 Å². The predicted molar refractivity (Wildman–Crippen MR) is 478 cm³/mol. The summed E-state index contributed by atoms with van der Waals surface area (Å²) in [4.78, 5) is 33.7. The van der Waals surface area contributed by atoms with Gasteiger partial charge in [0.2, 0.25) is 17.8 Å². The Morgan fingerprint density at radius 3 is 1.10 bits per heavy atom. The molecule has 6 aromatic carbocycles. The number of hydrogen-bond donors (Lipinski definition) is 6. The third-order valence-electron chi connectivity index (χ3n) is 24.9. The van der Waals surface area contributed by atoms with E-state index in [1.54, 1.807) is 90.7 Å². The van der Waals surface area contributed by atoms with Gasteiger partial charge in [0, 0.05) is 22.0 Å². The van der Waals surface area contributed by atoms with Gasteiger partial charge in [-0.25, -0.2) is 19.3 Å². The molecular formula is C88H110Cl3F3N15O6P3. The minimum atomic E-state index is -2.97. The van der Waals surface area contributed by atoms with Gasteiger partial charge >= 0.3 is 6.61 Å². The highest BCUT2D eigenvalue weighted by Gasteiger charge is 2.47. The lowest BCUT2D eigenvalue weighted by Gasteiger charge is -2.52. The van der Waals surface area contributed by atoms with Crippen LogP contribution in [0.1, 0.15) is 137 Å². The summed E-state index contributed by atoms with van der Waals surface area (Å²) in [5.41, 5.74) is 7.93. The Bertz CT molecular complexity index is 5160. The van der Waals surface area contributed by atoms with Gasteiger partial charge in [-0.15, -0.1) is 0 Å². The van der Waals surface area contributed by atoms with E-state index in [0.717, 1.165) is 74.2 Å². The molecule has 3 aromatic heterocycles. The third-order valence-corrected chi connectivity index (χ3v) is 30.4. The highest BCUT2D eigenvalue weighted by Crippen LogP contribution is 2.58. The van der Waals surface area contributed by atoms with Gasteiger partial charge in [-0.2, -0.15) is 23.7 Å². The number of aromatic nitrogens is 6. The van der Waals surface area contributed by atoms with E-state index in [1.807, 2.05) is 66.7 Å². The Morgan fingerprint density at radius 1 is 0.415 bits per heavy atom. The van der Waals surface area contributed by atoms with Crippen LogP contribution in [0.25, 0.3) is 0 Å². The van der Waals surface area contributed by atoms with Crippen molar-refractivity contribution in [3.05, 3.63) is 177 Å². The summed E-state index contributed by atoms with van der Waals surface area (Å²) in [5.74, 6) is 4.02. The monoisotopic (exact) mass is 1730 g/mol. The highest BCUT2D eigenvalue weighted by atomic mass is 35.5. The Hall–Kier alpha value is -8.01. The van der Waals surface area contributed by atoms with E-state index in [2.05, 4.69) is 116 Å². The lowest BCUT2D eigenvalue weighted by Crippen LogP contribution is -2.45. The summed E-state index contributed by atoms with van der Waals surface area (Å²) in [6, 6.07) is 37.2. The van der Waals surface area contributed by atoms with Gasteiger partial charge < -0.3 is 74.5 Å². The molecule has 0 bridgehead atoms. The van der Waals surface area contributed by atoms with E-state index in [4.69, 9.17) is 49.0 Å². The van der Waals surface area contributed by atoms with Crippen LogP contribution in [-0.2, 0) is 13.7 Å². The Morgan fingerprint density at radius 2 is 0.746 bits per heavy atom. The second-order valence-corrected chi connectivity index (χ2v) is 45.0. The van der Waals surface area contributed by atoms with Crippen LogP contribution in [0.15, 0.2) is 140 Å². The summed E-state index contributed by atoms with van der Waals surface area (Å²) >= 11 is 19.2. The molecule has 0 unspecified atom stereocenters. The molecule has 0 radical (unpaired) electrons. The molecule has 6 aliphatic rings. The molecule has 3 saturated heterocycles. The quantitative estimate of drug-likeness (QED) is 0.0346. The number of ether oxygens (including phenoxy) is 3. The first-order valence-corrected chi connectivity index (χ1v) is 49.5. The molecule has 118 heavy (non-hydrogen) atoms. The number of piperidine rings is 3. The van der Waals surface area contributed by atoms with Crippen molar-refractivity contribution in [3.8, 4) is 17.2 Å². The zero-order valence-corrected chi connectivity index (χ0v) is 74.2. The number of nitrogens with zero attached hydrogens (tertiary/aromatic N) is 9. The number of halogens is 6. The molecule has 3 spiro atoms. The maximum Gasteiger partial charge on any atom is 0.387 e. The molecule has 6 fully saturated rings. The molecule has 3 aliphatic carbocycles. The molecule has 9 aromatic rings. The van der Waals surface area contributed by atoms with Gasteiger partial charge in [-0.05, 0) is 321 Å². The standard InChI is InChI=1S/C30H37ClF2N5O2P.C30H39ClN5O2P.C28H34ClFN5O2P/c1-38-16-14-30(15-17-38)12-10-20(11-13-30)21-8-9-23(25(18-21)40-28(32)33)36-29-34-19-22(31)27(37-29)35-24-6-4-5-7-26(24)41(2,3)39;1-36-17-15-30(16-18-36)13-11-21(12-14-30)22-9-10-24(26(19-22)38-2)34-29-32-20-23(31)28(35-29)33-25-7-5-6-8-27(25)39(3,4)37;1-35-11-9-28(10-12-35)15-18(16-28)19-13-24(37-2)23(14-21(19)30)33-27-31-17-20(29)26(34-27)32-22-7-5-6-8-25(22)38(3,4)36/h4-9,18-20,28H,10-17H2,1-3H3,(H2,34,35,36,37);5-10,19-21H,11-18H2,1-4H3,(H2,32,33,34,35);5-8,13-14,17-18H,9-12,15-16H2,1-4H3,(H2,31,32,33,34). The SMILES string of the molecule is CN1CCC2(CCC(c3ccc(Nc4ncc(Cl)c(Nc5ccccc5P(C)(C)=O)n4)c(OC(F)F)c3)CC2)CC1.COc1cc(C2CC3(CCN(C)CC3)C2)c(F)cc1Nc1ncc(Cl)c(Nc2ccccc2P(C)(C)=O)n1.COc1cc(C2CCC3(CC2)CCN(C)CC3)ccc1Nc1ncc(Cl)c(Nc2ccccc2P(C)(C)=O)n1. The Labute approximate surface area is 707 Å². The first kappa shape index (κ1) is 87.8. The van der Waals surface area contributed by atoms with Crippen molar-refractivity contribution < 1.29 is 41.1 Å². The minimum absolute atomic E-state index is 0.0494. The molecule has 3 aliphatic heterocycles. The van der Waals surface area contributed by atoms with Gasteiger partial charge in [0.25, 0.3) is 0 Å². The molecule has 6 N–H and O–H groups in total. The van der Waals surface area contributed by atoms with Crippen LogP contribution in [0.2, 0.25) is 15.1 Å². The fourth-order valence-electron chi connectivity index (χ4n) is 17.8. The molecule has 0 atom stereocenters. The summed E-state index contributed by atoms with van der Waals surface area (Å²) in [6.07, 6.45) is 23.5. The number of anilines is 12. The van der Waals surface area contributed by atoms with E-state index in [0.29, 0.717) is 112 Å². The smallest absolute Gasteiger partial charge is 0.387 e. The lowest BCUT2D eigenvalue weighted by molar-refractivity contribution is -0.0494. The number of nitrogens with one attached hydrogen (secondary N) is 6. The summed E-state index contributed by atoms with van der Waals surface area (Å²) < 4.78 is 96.9. The molecule has 3 saturated carbocycles. The van der Waals surface area contributed by atoms with Gasteiger partial charge in [0.15, 0.2) is 17.5 Å². The number of methoxy groups -OCH3 is 2. The molecular weight excluding hydrogens is 1620 g/mol. The fourth-order valence-corrected chi connectivity index (χ4v) is 21.6. The lowest BCUT2D eigenvalue weighted by atomic mass is 9.56. The molecule has 21 nitrogen and oxygen atoms in total. The van der Waals surface area contributed by atoms with Crippen LogP contribution in [0.3, 0.4) is 0 Å². The maximum absolute atomic E-state index is 15.3. The zero-order chi connectivity index (χ0) is 83.9.